The van der Waals surface area contributed by atoms with Crippen molar-refractivity contribution in [2.45, 2.75) is 19.4 Å². The summed E-state index contributed by atoms with van der Waals surface area (Å²) in [6.45, 7) is 0.953. The van der Waals surface area contributed by atoms with Crippen molar-refractivity contribution in [3.63, 3.8) is 0 Å². The molecule has 9 heteroatoms. The van der Waals surface area contributed by atoms with E-state index in [4.69, 9.17) is 14.0 Å². The monoisotopic (exact) mass is 483 g/mol. The van der Waals surface area contributed by atoms with Crippen molar-refractivity contribution in [3.05, 3.63) is 96.1 Å². The number of hydrogen-bond donors (Lipinski definition) is 1. The molecule has 0 saturated heterocycles. The summed E-state index contributed by atoms with van der Waals surface area (Å²) in [6, 6.07) is 24.8. The van der Waals surface area contributed by atoms with Gasteiger partial charge in [-0.25, -0.2) is 9.69 Å². The average molecular weight is 484 g/mol. The van der Waals surface area contributed by atoms with Gasteiger partial charge in [0.2, 0.25) is 5.91 Å². The van der Waals surface area contributed by atoms with E-state index in [0.29, 0.717) is 27.5 Å². The van der Waals surface area contributed by atoms with E-state index in [2.05, 4.69) is 0 Å². The number of carbonyl (C=O) groups excluding carboxylic acids is 2. The fraction of sp³-hybridized carbons (Fsp3) is 0.200. The van der Waals surface area contributed by atoms with Gasteiger partial charge in [-0.1, -0.05) is 60.7 Å². The second-order valence-electron chi connectivity index (χ2n) is 7.53. The van der Waals surface area contributed by atoms with Crippen LogP contribution >= 0.6 is 0 Å². The second-order valence-corrected chi connectivity index (χ2v) is 9.10. The number of rotatable bonds is 9. The first-order valence-electron chi connectivity index (χ1n) is 10.5. The minimum Gasteiger partial charge on any atom is -0.457 e. The van der Waals surface area contributed by atoms with Gasteiger partial charge in [0, 0.05) is 6.54 Å². The first-order chi connectivity index (χ1) is 16.2. The van der Waals surface area contributed by atoms with Crippen LogP contribution in [-0.2, 0) is 26.3 Å². The summed E-state index contributed by atoms with van der Waals surface area (Å²) in [5.41, 5.74) is 1.27. The van der Waals surface area contributed by atoms with E-state index in [1.807, 2.05) is 24.3 Å². The third-order valence-corrected chi connectivity index (χ3v) is 5.67. The summed E-state index contributed by atoms with van der Waals surface area (Å²) in [4.78, 5) is 26.6. The molecule has 0 aliphatic carbocycles. The summed E-state index contributed by atoms with van der Waals surface area (Å²) in [5.74, 6) is -1.16. The van der Waals surface area contributed by atoms with Gasteiger partial charge >= 0.3 is 6.09 Å². The van der Waals surface area contributed by atoms with Gasteiger partial charge in [-0.3, -0.25) is 9.35 Å². The van der Waals surface area contributed by atoms with Gasteiger partial charge in [0.1, 0.15) is 18.1 Å². The van der Waals surface area contributed by atoms with Gasteiger partial charge in [0.25, 0.3) is 10.1 Å². The highest BCUT2D eigenvalue weighted by atomic mass is 32.2. The van der Waals surface area contributed by atoms with Crippen LogP contribution in [0.15, 0.2) is 84.9 Å². The first-order valence-corrected chi connectivity index (χ1v) is 12.1. The minimum absolute atomic E-state index is 0.0931. The van der Waals surface area contributed by atoms with Crippen LogP contribution in [0, 0.1) is 0 Å². The van der Waals surface area contributed by atoms with Crippen molar-refractivity contribution in [3.8, 4) is 11.5 Å². The Balaban J connectivity index is 1.76. The number of carbonyl (C=O) groups is 2. The van der Waals surface area contributed by atoms with E-state index < -0.39 is 40.3 Å². The average Bonchev–Trinajstić information content (AvgIpc) is 2.83. The van der Waals surface area contributed by atoms with Crippen LogP contribution in [0.3, 0.4) is 0 Å². The highest BCUT2D eigenvalue weighted by Crippen LogP contribution is 2.26. The highest BCUT2D eigenvalue weighted by Gasteiger charge is 2.29. The molecule has 0 unspecified atom stereocenters. The lowest BCUT2D eigenvalue weighted by molar-refractivity contribution is -0.130. The molecular formula is C25H25NO7S. The summed E-state index contributed by atoms with van der Waals surface area (Å²) in [7, 11) is -4.41. The number of amides is 2. The van der Waals surface area contributed by atoms with Crippen molar-refractivity contribution in [2.75, 3.05) is 12.3 Å². The van der Waals surface area contributed by atoms with Gasteiger partial charge in [-0.15, -0.1) is 0 Å². The fourth-order valence-corrected chi connectivity index (χ4v) is 3.56. The normalized spacial score (nSPS) is 11.9. The summed E-state index contributed by atoms with van der Waals surface area (Å²) >= 11 is 0. The molecule has 0 saturated carbocycles. The third kappa shape index (κ3) is 7.43. The van der Waals surface area contributed by atoms with Crippen molar-refractivity contribution in [1.29, 1.82) is 0 Å². The molecule has 0 spiro atoms. The lowest BCUT2D eigenvalue weighted by atomic mass is 9.99. The van der Waals surface area contributed by atoms with E-state index in [1.165, 1.54) is 0 Å². The Morgan fingerprint density at radius 1 is 0.912 bits per heavy atom. The maximum absolute atomic E-state index is 13.2. The molecule has 0 fully saturated rings. The van der Waals surface area contributed by atoms with Crippen LogP contribution < -0.4 is 4.74 Å². The van der Waals surface area contributed by atoms with E-state index >= 15 is 0 Å². The van der Waals surface area contributed by atoms with Crippen LogP contribution in [0.2, 0.25) is 0 Å². The van der Waals surface area contributed by atoms with Crippen LogP contribution in [0.5, 0.6) is 11.5 Å². The molecule has 0 aliphatic heterocycles. The van der Waals surface area contributed by atoms with Crippen molar-refractivity contribution >= 4 is 22.1 Å². The Morgan fingerprint density at radius 2 is 1.53 bits per heavy atom. The maximum Gasteiger partial charge on any atom is 0.416 e. The third-order valence-electron chi connectivity index (χ3n) is 4.97. The molecule has 0 aromatic heterocycles. The quantitative estimate of drug-likeness (QED) is 0.442. The molecule has 8 nitrogen and oxygen atoms in total. The van der Waals surface area contributed by atoms with Gasteiger partial charge in [-0.05, 0) is 42.3 Å². The topological polar surface area (TPSA) is 110 Å². The van der Waals surface area contributed by atoms with Crippen LogP contribution in [-0.4, -0.2) is 42.2 Å². The SMILES string of the molecule is C[C@@H](C(=O)N(CCS(=O)(=O)O)C(=O)OCc1ccccc1)c1cccc(Oc2ccccc2)c1. The first kappa shape index (κ1) is 24.9. The fourth-order valence-electron chi connectivity index (χ4n) is 3.14. The molecule has 0 bridgehead atoms. The zero-order valence-corrected chi connectivity index (χ0v) is 19.4. The number of nitrogens with zero attached hydrogens (tertiary/aromatic N) is 1. The smallest absolute Gasteiger partial charge is 0.416 e. The lowest BCUT2D eigenvalue weighted by Gasteiger charge is -2.23. The Hall–Kier alpha value is -3.69. The summed E-state index contributed by atoms with van der Waals surface area (Å²) < 4.78 is 42.7. The van der Waals surface area contributed by atoms with Crippen LogP contribution in [0.1, 0.15) is 24.0 Å². The number of para-hydroxylation sites is 1. The molecule has 0 aliphatic rings. The highest BCUT2D eigenvalue weighted by molar-refractivity contribution is 7.85. The number of ether oxygens (including phenoxy) is 2. The second kappa shape index (κ2) is 11.4. The molecule has 3 rings (SSSR count). The predicted octanol–water partition coefficient (Wildman–Crippen LogP) is 4.64. The maximum atomic E-state index is 13.2. The molecule has 1 N–H and O–H groups in total. The van der Waals surface area contributed by atoms with Crippen LogP contribution in [0.4, 0.5) is 4.79 Å². The van der Waals surface area contributed by atoms with Gasteiger partial charge < -0.3 is 9.47 Å². The van der Waals surface area contributed by atoms with E-state index in [-0.39, 0.29) is 6.61 Å². The van der Waals surface area contributed by atoms with Crippen molar-refractivity contribution in [2.24, 2.45) is 0 Å². The molecular weight excluding hydrogens is 458 g/mol. The van der Waals surface area contributed by atoms with Crippen LogP contribution in [0.25, 0.3) is 0 Å². The Labute approximate surface area is 198 Å². The standard InChI is InChI=1S/C25H25NO7S/c1-19(21-11-8-14-23(17-21)33-22-12-6-3-7-13-22)24(27)26(15-16-34(29,30)31)25(28)32-18-20-9-4-2-5-10-20/h2-14,17,19H,15-16,18H2,1H3,(H,29,30,31)/t19-/m1/s1. The largest absolute Gasteiger partial charge is 0.457 e. The van der Waals surface area contributed by atoms with Gasteiger partial charge in [0.15, 0.2) is 0 Å². The van der Waals surface area contributed by atoms with E-state index in [0.717, 1.165) is 0 Å². The van der Waals surface area contributed by atoms with Gasteiger partial charge in [0.05, 0.1) is 11.7 Å². The number of imide groups is 1. The molecule has 0 radical (unpaired) electrons. The lowest BCUT2D eigenvalue weighted by Crippen LogP contribution is -2.42. The van der Waals surface area contributed by atoms with Crippen molar-refractivity contribution < 1.29 is 32.0 Å². The molecule has 1 atom stereocenters. The summed E-state index contributed by atoms with van der Waals surface area (Å²) in [6.07, 6.45) is -0.999. The molecule has 3 aromatic rings. The zero-order valence-electron chi connectivity index (χ0n) is 18.5. The Bertz CT molecular complexity index is 1210. The van der Waals surface area contributed by atoms with Gasteiger partial charge in [-0.2, -0.15) is 8.42 Å². The predicted molar refractivity (Wildman–Crippen MR) is 126 cm³/mol. The Kier molecular flexibility index (Phi) is 8.39. The molecule has 178 valence electrons. The van der Waals surface area contributed by atoms with Crippen molar-refractivity contribution in [1.82, 2.24) is 4.90 Å². The minimum atomic E-state index is -4.41. The van der Waals surface area contributed by atoms with E-state index in [9.17, 15) is 18.0 Å². The molecule has 0 heterocycles. The molecule has 3 aromatic carbocycles. The van der Waals surface area contributed by atoms with E-state index in [1.54, 1.807) is 67.6 Å². The molecule has 34 heavy (non-hydrogen) atoms. The number of benzene rings is 3. The zero-order chi connectivity index (χ0) is 24.6. The Morgan fingerprint density at radius 3 is 2.18 bits per heavy atom. The molecule has 2 amide bonds. The number of hydrogen-bond acceptors (Lipinski definition) is 6. The summed E-state index contributed by atoms with van der Waals surface area (Å²) in [5, 5.41) is 0.